The van der Waals surface area contributed by atoms with Crippen LogP contribution < -0.4 is 0 Å². The summed E-state index contributed by atoms with van der Waals surface area (Å²) in [5, 5.41) is 17.2. The van der Waals surface area contributed by atoms with Gasteiger partial charge in [-0.1, -0.05) is 53.4 Å². The maximum absolute atomic E-state index is 10.4. The van der Waals surface area contributed by atoms with Gasteiger partial charge >= 0.3 is 66.5 Å². The minimum absolute atomic E-state index is 0. The first-order valence-electron chi connectivity index (χ1n) is 7.89. The van der Waals surface area contributed by atoms with Gasteiger partial charge in [-0.3, -0.25) is 9.59 Å². The summed E-state index contributed by atoms with van der Waals surface area (Å²) in [4.78, 5) is 20.9. The number of carboxylic acid groups (broad SMARTS) is 2. The summed E-state index contributed by atoms with van der Waals surface area (Å²) in [7, 11) is 0. The molecule has 0 heterocycles. The summed E-state index contributed by atoms with van der Waals surface area (Å²) in [6.07, 6.45) is 7.43. The van der Waals surface area contributed by atoms with Gasteiger partial charge in [-0.2, -0.15) is 0 Å². The molecule has 2 N–H and O–H groups in total. The van der Waals surface area contributed by atoms with Crippen LogP contribution in [0, 0.1) is 11.8 Å². The van der Waals surface area contributed by atoms with Crippen LogP contribution >= 0.6 is 0 Å². The maximum atomic E-state index is 10.4. The Hall–Kier alpha value is 0.784. The summed E-state index contributed by atoms with van der Waals surface area (Å²) in [5.74, 6) is -1.51. The van der Waals surface area contributed by atoms with Gasteiger partial charge in [0.15, 0.2) is 0 Å². The van der Waals surface area contributed by atoms with Gasteiger partial charge in [0.25, 0.3) is 0 Å². The fourth-order valence-corrected chi connectivity index (χ4v) is 1.91. The first-order chi connectivity index (χ1) is 9.44. The molecular formula is C16H36O4Pb2. The fraction of sp³-hybridized carbons (Fsp3) is 0.875. The Kier molecular flexibility index (Phi) is 30.3. The van der Waals surface area contributed by atoms with Crippen LogP contribution in [0.25, 0.3) is 0 Å². The molecule has 0 saturated carbocycles. The number of rotatable bonds is 10. The van der Waals surface area contributed by atoms with Crippen molar-refractivity contribution in [2.75, 3.05) is 0 Å². The third-order valence-electron chi connectivity index (χ3n) is 3.50. The number of unbranched alkanes of at least 4 members (excludes halogenated alkanes) is 2. The van der Waals surface area contributed by atoms with Crippen molar-refractivity contribution >= 4 is 66.5 Å². The molecule has 0 aromatic carbocycles. The molecule has 22 heavy (non-hydrogen) atoms. The van der Waals surface area contributed by atoms with Crippen molar-refractivity contribution in [1.82, 2.24) is 0 Å². The van der Waals surface area contributed by atoms with Crippen molar-refractivity contribution in [1.29, 1.82) is 0 Å². The monoisotopic (exact) mass is 708 g/mol. The third-order valence-corrected chi connectivity index (χ3v) is 3.50. The van der Waals surface area contributed by atoms with Crippen LogP contribution in [0.1, 0.15) is 79.1 Å². The predicted octanol–water partition coefficient (Wildman–Crippen LogP) is 2.74. The van der Waals surface area contributed by atoms with Gasteiger partial charge in [-0.25, -0.2) is 0 Å². The Morgan fingerprint density at radius 3 is 1.14 bits per heavy atom. The normalized spacial score (nSPS) is 11.8. The van der Waals surface area contributed by atoms with E-state index < -0.39 is 11.9 Å². The predicted molar refractivity (Wildman–Crippen MR) is 99.0 cm³/mol. The Balaban J connectivity index is -0.000000135. The molecule has 0 rings (SSSR count). The second-order valence-electron chi connectivity index (χ2n) is 5.17. The Labute approximate surface area is 176 Å². The van der Waals surface area contributed by atoms with Crippen LogP contribution in [0.4, 0.5) is 0 Å². The van der Waals surface area contributed by atoms with Crippen LogP contribution in [-0.4, -0.2) is 76.7 Å². The van der Waals surface area contributed by atoms with Crippen LogP contribution in [0.15, 0.2) is 0 Å². The van der Waals surface area contributed by atoms with Crippen LogP contribution in [-0.2, 0) is 9.59 Å². The van der Waals surface area contributed by atoms with Gasteiger partial charge < -0.3 is 10.2 Å². The first-order valence-corrected chi connectivity index (χ1v) is 7.89. The van der Waals surface area contributed by atoms with Gasteiger partial charge in [0.05, 0.1) is 11.8 Å². The van der Waals surface area contributed by atoms with Crippen molar-refractivity contribution in [3.63, 3.8) is 0 Å². The number of hydrogen-bond acceptors (Lipinski definition) is 2. The summed E-state index contributed by atoms with van der Waals surface area (Å²) < 4.78 is 0. The molecule has 0 aliphatic carbocycles. The SMILES string of the molecule is CCCCC(CC)C(=O)O.CCCCC(CC)C(=O)O.[PbH2].[PbH2]. The molecule has 132 valence electrons. The Bertz CT molecular complexity index is 235. The van der Waals surface area contributed by atoms with Crippen molar-refractivity contribution < 1.29 is 19.8 Å². The van der Waals surface area contributed by atoms with E-state index >= 15 is 0 Å². The van der Waals surface area contributed by atoms with Gasteiger partial charge in [-0.15, -0.1) is 0 Å². The molecule has 4 nitrogen and oxygen atoms in total. The molecule has 0 saturated heterocycles. The van der Waals surface area contributed by atoms with Crippen molar-refractivity contribution in [2.24, 2.45) is 11.8 Å². The molecule has 0 aliphatic rings. The zero-order chi connectivity index (χ0) is 16.0. The summed E-state index contributed by atoms with van der Waals surface area (Å²) in [6, 6.07) is 0. The second kappa shape index (κ2) is 21.8. The van der Waals surface area contributed by atoms with Gasteiger partial charge in [0.2, 0.25) is 0 Å². The van der Waals surface area contributed by atoms with Crippen LogP contribution in [0.2, 0.25) is 0 Å². The Morgan fingerprint density at radius 1 is 0.727 bits per heavy atom. The molecule has 0 aromatic heterocycles. The quantitative estimate of drug-likeness (QED) is 0.343. The number of aliphatic carboxylic acids is 2. The van der Waals surface area contributed by atoms with Crippen molar-refractivity contribution in [3.05, 3.63) is 0 Å². The number of carbonyl (C=O) groups is 2. The molecule has 0 spiro atoms. The van der Waals surface area contributed by atoms with Crippen molar-refractivity contribution in [2.45, 2.75) is 79.1 Å². The molecule has 2 unspecified atom stereocenters. The second-order valence-corrected chi connectivity index (χ2v) is 5.17. The van der Waals surface area contributed by atoms with E-state index in [9.17, 15) is 9.59 Å². The standard InChI is InChI=1S/2C8H16O2.2Pb.4H/c2*1-3-5-6-7(4-2)8(9)10;;;;;;/h2*7H,3-6H2,1-2H3,(H,9,10);;;;;;. The average molecular weight is 707 g/mol. The van der Waals surface area contributed by atoms with E-state index in [2.05, 4.69) is 13.8 Å². The molecule has 0 bridgehead atoms. The van der Waals surface area contributed by atoms with Gasteiger partial charge in [0, 0.05) is 0 Å². The van der Waals surface area contributed by atoms with E-state index in [1.165, 1.54) is 0 Å². The van der Waals surface area contributed by atoms with E-state index in [0.717, 1.165) is 51.4 Å². The third kappa shape index (κ3) is 18.8. The molecule has 0 fully saturated rings. The minimum atomic E-state index is -0.643. The summed E-state index contributed by atoms with van der Waals surface area (Å²) in [5.41, 5.74) is 0. The van der Waals surface area contributed by atoms with E-state index in [0.29, 0.717) is 0 Å². The molecule has 0 aromatic rings. The fourth-order valence-electron chi connectivity index (χ4n) is 1.91. The van der Waals surface area contributed by atoms with Crippen LogP contribution in [0.5, 0.6) is 0 Å². The molecular weight excluding hydrogens is 671 g/mol. The number of hydrogen-bond donors (Lipinski definition) is 2. The summed E-state index contributed by atoms with van der Waals surface area (Å²) >= 11 is 0. The zero-order valence-corrected chi connectivity index (χ0v) is 25.9. The van der Waals surface area contributed by atoms with E-state index in [4.69, 9.17) is 10.2 Å². The molecule has 0 amide bonds. The molecule has 6 heteroatoms. The van der Waals surface area contributed by atoms with E-state index in [1.54, 1.807) is 0 Å². The Morgan fingerprint density at radius 2 is 1.00 bits per heavy atom. The topological polar surface area (TPSA) is 74.6 Å². The molecule has 0 aliphatic heterocycles. The number of carboxylic acids is 2. The molecule has 2 atom stereocenters. The van der Waals surface area contributed by atoms with E-state index in [1.807, 2.05) is 13.8 Å². The van der Waals surface area contributed by atoms with Gasteiger partial charge in [-0.05, 0) is 25.7 Å². The first kappa shape index (κ1) is 30.6. The zero-order valence-electron chi connectivity index (χ0n) is 14.9. The van der Waals surface area contributed by atoms with Crippen molar-refractivity contribution in [3.8, 4) is 0 Å². The average Bonchev–Trinajstić information content (AvgIpc) is 2.40. The summed E-state index contributed by atoms with van der Waals surface area (Å²) in [6.45, 7) is 8.01. The van der Waals surface area contributed by atoms with E-state index in [-0.39, 0.29) is 66.4 Å². The van der Waals surface area contributed by atoms with Gasteiger partial charge in [0.1, 0.15) is 0 Å². The molecule has 4 radical (unpaired) electrons. The van der Waals surface area contributed by atoms with Crippen LogP contribution in [0.3, 0.4) is 0 Å².